The molecule has 2 aromatic carbocycles. The number of hydrogen-bond acceptors (Lipinski definition) is 3. The smallest absolute Gasteiger partial charge is 0.270 e. The van der Waals surface area contributed by atoms with Crippen molar-refractivity contribution in [3.63, 3.8) is 0 Å². The number of nitrogens with zero attached hydrogens (tertiary/aromatic N) is 1. The zero-order valence-corrected chi connectivity index (χ0v) is 15.3. The topological polar surface area (TPSA) is 54.0 Å². The molecule has 0 radical (unpaired) electrons. The van der Waals surface area contributed by atoms with E-state index >= 15 is 0 Å². The van der Waals surface area contributed by atoms with Gasteiger partial charge < -0.3 is 10.6 Å². The lowest BCUT2D eigenvalue weighted by atomic mass is 10.1. The first-order chi connectivity index (χ1) is 13.1. The van der Waals surface area contributed by atoms with E-state index in [0.29, 0.717) is 18.8 Å². The lowest BCUT2D eigenvalue weighted by molar-refractivity contribution is 0.0946. The van der Waals surface area contributed by atoms with Gasteiger partial charge >= 0.3 is 0 Å². The number of anilines is 1. The zero-order chi connectivity index (χ0) is 19.1. The van der Waals surface area contributed by atoms with Gasteiger partial charge in [0.15, 0.2) is 0 Å². The highest BCUT2D eigenvalue weighted by molar-refractivity contribution is 6.30. The molecule has 3 aromatic rings. The number of amides is 1. The van der Waals surface area contributed by atoms with Crippen LogP contribution >= 0.6 is 11.6 Å². The SMILES string of the molecule is O=C(NCc1ccc(F)cc1)c1cc(NCCc2cccc(Cl)c2)ccn1. The van der Waals surface area contributed by atoms with Crippen molar-refractivity contribution in [3.8, 4) is 0 Å². The number of carbonyl (C=O) groups excluding carboxylic acids is 1. The van der Waals surface area contributed by atoms with Crippen LogP contribution in [0.1, 0.15) is 21.6 Å². The molecule has 1 heterocycles. The summed E-state index contributed by atoms with van der Waals surface area (Å²) in [6.07, 6.45) is 2.41. The molecule has 1 aromatic heterocycles. The fourth-order valence-corrected chi connectivity index (χ4v) is 2.80. The van der Waals surface area contributed by atoms with Crippen LogP contribution in [0.25, 0.3) is 0 Å². The highest BCUT2D eigenvalue weighted by atomic mass is 35.5. The Morgan fingerprint density at radius 1 is 1.04 bits per heavy atom. The number of hydrogen-bond donors (Lipinski definition) is 2. The fourth-order valence-electron chi connectivity index (χ4n) is 2.58. The third-order valence-electron chi connectivity index (χ3n) is 3.99. The Balaban J connectivity index is 1.53. The molecule has 4 nitrogen and oxygen atoms in total. The minimum Gasteiger partial charge on any atom is -0.385 e. The van der Waals surface area contributed by atoms with Crippen LogP contribution in [-0.2, 0) is 13.0 Å². The van der Waals surface area contributed by atoms with Gasteiger partial charge in [-0.3, -0.25) is 9.78 Å². The maximum atomic E-state index is 12.9. The van der Waals surface area contributed by atoms with Gasteiger partial charge in [-0.1, -0.05) is 35.9 Å². The Labute approximate surface area is 162 Å². The van der Waals surface area contributed by atoms with Crippen LogP contribution < -0.4 is 10.6 Å². The van der Waals surface area contributed by atoms with E-state index in [2.05, 4.69) is 15.6 Å². The molecular formula is C21H19ClFN3O. The standard InChI is InChI=1S/C21H19ClFN3O/c22-17-3-1-2-15(12-17)8-10-24-19-9-11-25-20(13-19)21(27)26-14-16-4-6-18(23)7-5-16/h1-7,9,11-13H,8,10,14H2,(H,24,25)(H,26,27). The van der Waals surface area contributed by atoms with Crippen LogP contribution in [0, 0.1) is 5.82 Å². The van der Waals surface area contributed by atoms with Crippen molar-refractivity contribution in [3.05, 3.63) is 94.5 Å². The molecule has 0 aliphatic heterocycles. The van der Waals surface area contributed by atoms with Gasteiger partial charge in [0.1, 0.15) is 11.5 Å². The Bertz CT molecular complexity index is 915. The van der Waals surface area contributed by atoms with Gasteiger partial charge in [-0.15, -0.1) is 0 Å². The van der Waals surface area contributed by atoms with E-state index in [-0.39, 0.29) is 11.7 Å². The van der Waals surface area contributed by atoms with Crippen molar-refractivity contribution in [1.82, 2.24) is 10.3 Å². The summed E-state index contributed by atoms with van der Waals surface area (Å²) in [5.41, 5.74) is 3.10. The van der Waals surface area contributed by atoms with Crippen molar-refractivity contribution in [1.29, 1.82) is 0 Å². The summed E-state index contributed by atoms with van der Waals surface area (Å²) in [7, 11) is 0. The molecule has 0 atom stereocenters. The number of carbonyl (C=O) groups is 1. The molecular weight excluding hydrogens is 365 g/mol. The maximum Gasteiger partial charge on any atom is 0.270 e. The van der Waals surface area contributed by atoms with Crippen LogP contribution in [0.15, 0.2) is 66.9 Å². The number of nitrogens with one attached hydrogen (secondary N) is 2. The molecule has 0 fully saturated rings. The van der Waals surface area contributed by atoms with Gasteiger partial charge in [0.2, 0.25) is 0 Å². The van der Waals surface area contributed by atoms with Gasteiger partial charge in [0.25, 0.3) is 5.91 Å². The fraction of sp³-hybridized carbons (Fsp3) is 0.143. The number of rotatable bonds is 7. The van der Waals surface area contributed by atoms with E-state index in [1.165, 1.54) is 12.1 Å². The molecule has 6 heteroatoms. The Morgan fingerprint density at radius 2 is 1.85 bits per heavy atom. The van der Waals surface area contributed by atoms with Crippen molar-refractivity contribution in [2.45, 2.75) is 13.0 Å². The third-order valence-corrected chi connectivity index (χ3v) is 4.23. The Kier molecular flexibility index (Phi) is 6.39. The van der Waals surface area contributed by atoms with Gasteiger partial charge in [0, 0.05) is 30.0 Å². The summed E-state index contributed by atoms with van der Waals surface area (Å²) in [4.78, 5) is 16.4. The lowest BCUT2D eigenvalue weighted by Crippen LogP contribution is -2.24. The summed E-state index contributed by atoms with van der Waals surface area (Å²) in [5, 5.41) is 6.79. The highest BCUT2D eigenvalue weighted by Crippen LogP contribution is 2.12. The predicted molar refractivity (Wildman–Crippen MR) is 105 cm³/mol. The summed E-state index contributed by atoms with van der Waals surface area (Å²) < 4.78 is 12.9. The van der Waals surface area contributed by atoms with Gasteiger partial charge in [0.05, 0.1) is 0 Å². The molecule has 0 aliphatic rings. The normalized spacial score (nSPS) is 10.4. The monoisotopic (exact) mass is 383 g/mol. The quantitative estimate of drug-likeness (QED) is 0.633. The molecule has 0 saturated heterocycles. The molecule has 0 spiro atoms. The van der Waals surface area contributed by atoms with Gasteiger partial charge in [-0.25, -0.2) is 4.39 Å². The molecule has 27 heavy (non-hydrogen) atoms. The second-order valence-corrected chi connectivity index (χ2v) is 6.48. The highest BCUT2D eigenvalue weighted by Gasteiger charge is 2.08. The van der Waals surface area contributed by atoms with Crippen LogP contribution in [0.2, 0.25) is 5.02 Å². The average Bonchev–Trinajstić information content (AvgIpc) is 2.68. The summed E-state index contributed by atoms with van der Waals surface area (Å²) >= 11 is 5.99. The first-order valence-electron chi connectivity index (χ1n) is 8.57. The molecule has 0 aliphatic carbocycles. The van der Waals surface area contributed by atoms with E-state index in [1.807, 2.05) is 30.3 Å². The zero-order valence-electron chi connectivity index (χ0n) is 14.6. The van der Waals surface area contributed by atoms with E-state index in [1.54, 1.807) is 24.4 Å². The molecule has 138 valence electrons. The second-order valence-electron chi connectivity index (χ2n) is 6.05. The Hall–Kier alpha value is -2.92. The first-order valence-corrected chi connectivity index (χ1v) is 8.95. The van der Waals surface area contributed by atoms with E-state index in [9.17, 15) is 9.18 Å². The average molecular weight is 384 g/mol. The van der Waals surface area contributed by atoms with E-state index in [4.69, 9.17) is 11.6 Å². The minimum absolute atomic E-state index is 0.280. The van der Waals surface area contributed by atoms with Crippen molar-refractivity contribution in [2.24, 2.45) is 0 Å². The van der Waals surface area contributed by atoms with E-state index < -0.39 is 0 Å². The predicted octanol–water partition coefficient (Wildman–Crippen LogP) is 4.46. The van der Waals surface area contributed by atoms with E-state index in [0.717, 1.165) is 28.3 Å². The third kappa shape index (κ3) is 5.79. The minimum atomic E-state index is -0.303. The second kappa shape index (κ2) is 9.14. The van der Waals surface area contributed by atoms with Crippen molar-refractivity contribution >= 4 is 23.2 Å². The van der Waals surface area contributed by atoms with Crippen LogP contribution in [0.4, 0.5) is 10.1 Å². The van der Waals surface area contributed by atoms with Crippen molar-refractivity contribution < 1.29 is 9.18 Å². The lowest BCUT2D eigenvalue weighted by Gasteiger charge is -2.09. The molecule has 1 amide bonds. The summed E-state index contributed by atoms with van der Waals surface area (Å²) in [5.74, 6) is -0.582. The largest absolute Gasteiger partial charge is 0.385 e. The number of aromatic nitrogens is 1. The van der Waals surface area contributed by atoms with Crippen LogP contribution in [0.3, 0.4) is 0 Å². The number of halogens is 2. The van der Waals surface area contributed by atoms with Crippen LogP contribution in [0.5, 0.6) is 0 Å². The van der Waals surface area contributed by atoms with Gasteiger partial charge in [-0.2, -0.15) is 0 Å². The summed E-state index contributed by atoms with van der Waals surface area (Å²) in [6.45, 7) is 1.02. The molecule has 0 saturated carbocycles. The maximum absolute atomic E-state index is 12.9. The van der Waals surface area contributed by atoms with Gasteiger partial charge in [-0.05, 0) is 53.9 Å². The molecule has 0 unspecified atom stereocenters. The number of benzene rings is 2. The number of pyridine rings is 1. The van der Waals surface area contributed by atoms with Crippen molar-refractivity contribution in [2.75, 3.05) is 11.9 Å². The summed E-state index contributed by atoms with van der Waals surface area (Å²) in [6, 6.07) is 17.2. The first kappa shape index (κ1) is 18.9. The molecule has 3 rings (SSSR count). The molecule has 2 N–H and O–H groups in total. The molecule has 0 bridgehead atoms. The van der Waals surface area contributed by atoms with Crippen LogP contribution in [-0.4, -0.2) is 17.4 Å². The Morgan fingerprint density at radius 3 is 2.63 bits per heavy atom.